The fourth-order valence-electron chi connectivity index (χ4n) is 4.15. The molecule has 0 bridgehead atoms. The molecule has 0 fully saturated rings. The van der Waals surface area contributed by atoms with Gasteiger partial charge in [0.05, 0.1) is 10.6 Å². The average Bonchev–Trinajstić information content (AvgIpc) is 2.94. The lowest BCUT2D eigenvalue weighted by molar-refractivity contribution is -0.139. The summed E-state index contributed by atoms with van der Waals surface area (Å²) >= 11 is 12.5. The fraction of sp³-hybridized carbons (Fsp3) is 0.333. The first kappa shape index (κ1) is 31.5. The van der Waals surface area contributed by atoms with Crippen LogP contribution >= 0.6 is 23.2 Å². The summed E-state index contributed by atoms with van der Waals surface area (Å²) in [5, 5.41) is 3.64. The van der Waals surface area contributed by atoms with Crippen LogP contribution in [0, 0.1) is 5.92 Å². The molecule has 0 aliphatic carbocycles. The molecule has 0 aromatic heterocycles. The van der Waals surface area contributed by atoms with Gasteiger partial charge in [-0.1, -0.05) is 86.4 Å². The molecule has 7 nitrogen and oxygen atoms in total. The zero-order valence-electron chi connectivity index (χ0n) is 23.1. The second-order valence-corrected chi connectivity index (χ2v) is 12.6. The van der Waals surface area contributed by atoms with Crippen molar-refractivity contribution in [2.24, 2.45) is 5.92 Å². The molecule has 0 saturated heterocycles. The van der Waals surface area contributed by atoms with Crippen molar-refractivity contribution in [1.29, 1.82) is 0 Å². The molecule has 0 aliphatic rings. The van der Waals surface area contributed by atoms with Crippen LogP contribution in [0.15, 0.2) is 77.7 Å². The summed E-state index contributed by atoms with van der Waals surface area (Å²) in [4.78, 5) is 28.6. The summed E-state index contributed by atoms with van der Waals surface area (Å²) in [6, 6.07) is 19.1. The lowest BCUT2D eigenvalue weighted by atomic mass is 10.1. The Labute approximate surface area is 247 Å². The van der Waals surface area contributed by atoms with E-state index in [0.717, 1.165) is 9.87 Å². The van der Waals surface area contributed by atoms with E-state index in [4.69, 9.17) is 23.2 Å². The predicted molar refractivity (Wildman–Crippen MR) is 161 cm³/mol. The highest BCUT2D eigenvalue weighted by Crippen LogP contribution is 2.29. The molecule has 1 N–H and O–H groups in total. The molecular weight excluding hydrogens is 569 g/mol. The number of nitrogens with zero attached hydrogens (tertiary/aromatic N) is 2. The highest BCUT2D eigenvalue weighted by atomic mass is 35.5. The molecule has 1 atom stereocenters. The maximum absolute atomic E-state index is 14.0. The number of carbonyl (C=O) groups is 2. The van der Waals surface area contributed by atoms with Gasteiger partial charge in [-0.25, -0.2) is 8.42 Å². The molecule has 0 aliphatic heterocycles. The number of hydrogen-bond acceptors (Lipinski definition) is 4. The maximum atomic E-state index is 14.0. The predicted octanol–water partition coefficient (Wildman–Crippen LogP) is 5.94. The van der Waals surface area contributed by atoms with Crippen LogP contribution in [0.25, 0.3) is 0 Å². The standard InChI is InChI=1S/C30H35Cl2N3O4S/c1-5-23-11-9-10-14-28(23)35(40(38,39)26-12-7-6-8-13-26)20-29(36)34(22(4)30(37)33-18-21(2)3)19-24-15-16-25(31)17-27(24)32/h6-17,21-22H,5,18-20H2,1-4H3,(H,33,37)/t22-/m1/s1. The second-order valence-electron chi connectivity index (χ2n) is 9.88. The quantitative estimate of drug-likeness (QED) is 0.277. The average molecular weight is 605 g/mol. The van der Waals surface area contributed by atoms with E-state index < -0.39 is 28.5 Å². The van der Waals surface area contributed by atoms with Crippen LogP contribution in [0.2, 0.25) is 10.0 Å². The van der Waals surface area contributed by atoms with Crippen molar-refractivity contribution in [1.82, 2.24) is 10.2 Å². The van der Waals surface area contributed by atoms with E-state index in [9.17, 15) is 18.0 Å². The Kier molecular flexibility index (Phi) is 11.0. The van der Waals surface area contributed by atoms with Gasteiger partial charge in [-0.2, -0.15) is 0 Å². The van der Waals surface area contributed by atoms with Crippen molar-refractivity contribution in [2.75, 3.05) is 17.4 Å². The minimum absolute atomic E-state index is 0.0141. The van der Waals surface area contributed by atoms with Crippen LogP contribution in [-0.4, -0.2) is 44.3 Å². The van der Waals surface area contributed by atoms with Gasteiger partial charge in [0.2, 0.25) is 11.8 Å². The van der Waals surface area contributed by atoms with Gasteiger partial charge in [-0.05, 0) is 60.7 Å². The third-order valence-corrected chi connectivity index (χ3v) is 8.82. The number of para-hydroxylation sites is 1. The van der Waals surface area contributed by atoms with Gasteiger partial charge in [-0.15, -0.1) is 0 Å². The molecule has 0 radical (unpaired) electrons. The van der Waals surface area contributed by atoms with Crippen LogP contribution in [0.3, 0.4) is 0 Å². The Bertz CT molecular complexity index is 1430. The SMILES string of the molecule is CCc1ccccc1N(CC(=O)N(Cc1ccc(Cl)cc1Cl)[C@H](C)C(=O)NCC(C)C)S(=O)(=O)c1ccccc1. The topological polar surface area (TPSA) is 86.8 Å². The summed E-state index contributed by atoms with van der Waals surface area (Å²) in [5.41, 5.74) is 1.75. The van der Waals surface area contributed by atoms with Crippen LogP contribution < -0.4 is 9.62 Å². The zero-order valence-corrected chi connectivity index (χ0v) is 25.4. The summed E-state index contributed by atoms with van der Waals surface area (Å²) in [5.74, 6) is -0.690. The Morgan fingerprint density at radius 2 is 1.55 bits per heavy atom. The van der Waals surface area contributed by atoms with Crippen LogP contribution in [0.4, 0.5) is 5.69 Å². The van der Waals surface area contributed by atoms with Gasteiger partial charge in [0, 0.05) is 23.1 Å². The maximum Gasteiger partial charge on any atom is 0.264 e. The van der Waals surface area contributed by atoms with E-state index in [1.807, 2.05) is 32.9 Å². The first-order chi connectivity index (χ1) is 18.9. The molecule has 0 heterocycles. The van der Waals surface area contributed by atoms with Gasteiger partial charge in [0.25, 0.3) is 10.0 Å². The number of sulfonamides is 1. The van der Waals surface area contributed by atoms with Crippen LogP contribution in [0.5, 0.6) is 0 Å². The summed E-state index contributed by atoms with van der Waals surface area (Å²) in [7, 11) is -4.13. The van der Waals surface area contributed by atoms with E-state index in [1.165, 1.54) is 17.0 Å². The van der Waals surface area contributed by atoms with Crippen molar-refractivity contribution in [3.63, 3.8) is 0 Å². The number of hydrogen-bond donors (Lipinski definition) is 1. The molecule has 10 heteroatoms. The molecule has 214 valence electrons. The molecular formula is C30H35Cl2N3O4S. The van der Waals surface area contributed by atoms with Crippen molar-refractivity contribution >= 4 is 50.7 Å². The smallest absolute Gasteiger partial charge is 0.264 e. The number of anilines is 1. The number of benzene rings is 3. The second kappa shape index (κ2) is 14.0. The number of carbonyl (C=O) groups excluding carboxylic acids is 2. The number of amides is 2. The molecule has 3 rings (SSSR count). The summed E-state index contributed by atoms with van der Waals surface area (Å²) < 4.78 is 29.0. The van der Waals surface area contributed by atoms with E-state index in [-0.39, 0.29) is 23.3 Å². The number of rotatable bonds is 12. The summed E-state index contributed by atoms with van der Waals surface area (Å²) in [6.45, 7) is 7.39. The Hall–Kier alpha value is -3.07. The number of halogens is 2. The number of aryl methyl sites for hydroxylation is 1. The van der Waals surface area contributed by atoms with Gasteiger partial charge < -0.3 is 10.2 Å². The largest absolute Gasteiger partial charge is 0.354 e. The minimum atomic E-state index is -4.13. The first-order valence-electron chi connectivity index (χ1n) is 13.1. The van der Waals surface area contributed by atoms with Crippen molar-refractivity contribution < 1.29 is 18.0 Å². The van der Waals surface area contributed by atoms with E-state index in [1.54, 1.807) is 55.5 Å². The van der Waals surface area contributed by atoms with Crippen LogP contribution in [0.1, 0.15) is 38.8 Å². The minimum Gasteiger partial charge on any atom is -0.354 e. The lowest BCUT2D eigenvalue weighted by Gasteiger charge is -2.33. The Balaban J connectivity index is 2.06. The lowest BCUT2D eigenvalue weighted by Crippen LogP contribution is -2.51. The number of nitrogens with one attached hydrogen (secondary N) is 1. The Morgan fingerprint density at radius 3 is 2.17 bits per heavy atom. The molecule has 40 heavy (non-hydrogen) atoms. The highest BCUT2D eigenvalue weighted by Gasteiger charge is 2.33. The molecule has 0 spiro atoms. The van der Waals surface area contributed by atoms with Gasteiger partial charge in [-0.3, -0.25) is 13.9 Å². The van der Waals surface area contributed by atoms with Gasteiger partial charge in [0.1, 0.15) is 12.6 Å². The first-order valence-corrected chi connectivity index (χ1v) is 15.3. The van der Waals surface area contributed by atoms with E-state index in [2.05, 4.69) is 5.32 Å². The summed E-state index contributed by atoms with van der Waals surface area (Å²) in [6.07, 6.45) is 0.559. The van der Waals surface area contributed by atoms with Crippen molar-refractivity contribution in [2.45, 2.75) is 51.6 Å². The molecule has 3 aromatic carbocycles. The highest BCUT2D eigenvalue weighted by molar-refractivity contribution is 7.92. The molecule has 3 aromatic rings. The third-order valence-electron chi connectivity index (χ3n) is 6.46. The molecule has 2 amide bonds. The molecule has 0 unspecified atom stereocenters. The Morgan fingerprint density at radius 1 is 0.900 bits per heavy atom. The van der Waals surface area contributed by atoms with E-state index >= 15 is 0 Å². The zero-order chi connectivity index (χ0) is 29.4. The van der Waals surface area contributed by atoms with Crippen molar-refractivity contribution in [3.05, 3.63) is 94.0 Å². The monoisotopic (exact) mass is 603 g/mol. The van der Waals surface area contributed by atoms with Crippen molar-refractivity contribution in [3.8, 4) is 0 Å². The van der Waals surface area contributed by atoms with Gasteiger partial charge in [0.15, 0.2) is 0 Å². The van der Waals surface area contributed by atoms with E-state index in [0.29, 0.717) is 34.3 Å². The van der Waals surface area contributed by atoms with Gasteiger partial charge >= 0.3 is 0 Å². The fourth-order valence-corrected chi connectivity index (χ4v) is 6.10. The van der Waals surface area contributed by atoms with Crippen LogP contribution in [-0.2, 0) is 32.6 Å². The third kappa shape index (κ3) is 7.77. The normalized spacial score (nSPS) is 12.2. The molecule has 0 saturated carbocycles.